The van der Waals surface area contributed by atoms with Crippen LogP contribution in [0.2, 0.25) is 0 Å². The number of benzene rings is 2. The maximum atomic E-state index is 12.4. The molecule has 0 fully saturated rings. The van der Waals surface area contributed by atoms with Crippen LogP contribution in [-0.2, 0) is 6.42 Å². The van der Waals surface area contributed by atoms with Gasteiger partial charge in [0.1, 0.15) is 5.69 Å². The number of rotatable bonds is 6. The van der Waals surface area contributed by atoms with Gasteiger partial charge in [0.25, 0.3) is 5.91 Å². The molecule has 3 aromatic rings. The monoisotopic (exact) mass is 348 g/mol. The van der Waals surface area contributed by atoms with E-state index in [1.807, 2.05) is 24.3 Å². The first-order valence-corrected chi connectivity index (χ1v) is 8.22. The lowest BCUT2D eigenvalue weighted by atomic mass is 10.1. The Labute approximate surface area is 152 Å². The van der Waals surface area contributed by atoms with Gasteiger partial charge < -0.3 is 14.8 Å². The van der Waals surface area contributed by atoms with Gasteiger partial charge in [-0.05, 0) is 35.7 Å². The predicted octanol–water partition coefficient (Wildman–Crippen LogP) is 3.94. The number of nitrogens with one attached hydrogen (secondary N) is 1. The van der Waals surface area contributed by atoms with E-state index >= 15 is 0 Å². The van der Waals surface area contributed by atoms with Crippen molar-refractivity contribution in [3.8, 4) is 11.5 Å². The number of aromatic nitrogens is 1. The van der Waals surface area contributed by atoms with Gasteiger partial charge in [0.05, 0.1) is 14.2 Å². The van der Waals surface area contributed by atoms with Gasteiger partial charge in [0, 0.05) is 18.0 Å². The van der Waals surface area contributed by atoms with Crippen LogP contribution in [0.25, 0.3) is 0 Å². The third-order valence-corrected chi connectivity index (χ3v) is 3.95. The molecule has 0 aliphatic heterocycles. The van der Waals surface area contributed by atoms with Gasteiger partial charge in [-0.1, -0.05) is 36.4 Å². The fraction of sp³-hybridized carbons (Fsp3) is 0.143. The molecule has 5 heteroatoms. The van der Waals surface area contributed by atoms with E-state index < -0.39 is 0 Å². The molecule has 5 nitrogen and oxygen atoms in total. The smallest absolute Gasteiger partial charge is 0.274 e. The van der Waals surface area contributed by atoms with Crippen LogP contribution in [0, 0.1) is 0 Å². The molecular weight excluding hydrogens is 328 g/mol. The lowest BCUT2D eigenvalue weighted by Gasteiger charge is -2.10. The molecule has 0 atom stereocenters. The number of amides is 1. The van der Waals surface area contributed by atoms with Crippen LogP contribution < -0.4 is 14.8 Å². The summed E-state index contributed by atoms with van der Waals surface area (Å²) in [4.78, 5) is 16.7. The van der Waals surface area contributed by atoms with Crippen LogP contribution in [0.15, 0.2) is 66.9 Å². The second-order valence-corrected chi connectivity index (χ2v) is 5.74. The third-order valence-electron chi connectivity index (χ3n) is 3.95. The first-order chi connectivity index (χ1) is 12.7. The highest BCUT2D eigenvalue weighted by molar-refractivity contribution is 6.03. The molecule has 0 saturated carbocycles. The summed E-state index contributed by atoms with van der Waals surface area (Å²) < 4.78 is 10.4. The van der Waals surface area contributed by atoms with Gasteiger partial charge in [0.15, 0.2) is 11.5 Å². The van der Waals surface area contributed by atoms with Crippen LogP contribution in [0.4, 0.5) is 5.69 Å². The minimum atomic E-state index is -0.275. The average Bonchev–Trinajstić information content (AvgIpc) is 2.69. The van der Waals surface area contributed by atoms with Gasteiger partial charge in [-0.15, -0.1) is 0 Å². The van der Waals surface area contributed by atoms with Crippen molar-refractivity contribution in [2.45, 2.75) is 6.42 Å². The fourth-order valence-electron chi connectivity index (χ4n) is 2.60. The molecule has 3 rings (SSSR count). The summed E-state index contributed by atoms with van der Waals surface area (Å²) in [5, 5.41) is 2.82. The van der Waals surface area contributed by atoms with Crippen molar-refractivity contribution in [1.82, 2.24) is 4.98 Å². The fourth-order valence-corrected chi connectivity index (χ4v) is 2.60. The van der Waals surface area contributed by atoms with Crippen molar-refractivity contribution in [2.75, 3.05) is 19.5 Å². The number of anilines is 1. The normalized spacial score (nSPS) is 10.2. The summed E-state index contributed by atoms with van der Waals surface area (Å²) in [5.74, 6) is 0.883. The zero-order chi connectivity index (χ0) is 18.4. The van der Waals surface area contributed by atoms with Crippen LogP contribution in [0.1, 0.15) is 21.6 Å². The highest BCUT2D eigenvalue weighted by Gasteiger charge is 2.10. The summed E-state index contributed by atoms with van der Waals surface area (Å²) in [5.41, 5.74) is 3.23. The SMILES string of the molecule is COc1ccc(NC(=O)c2ccc(Cc3ccccc3)cn2)cc1OC. The van der Waals surface area contributed by atoms with E-state index in [4.69, 9.17) is 9.47 Å². The number of hydrogen-bond acceptors (Lipinski definition) is 4. The molecule has 1 N–H and O–H groups in total. The molecule has 0 aliphatic rings. The summed E-state index contributed by atoms with van der Waals surface area (Å²) >= 11 is 0. The van der Waals surface area contributed by atoms with Gasteiger partial charge in [-0.25, -0.2) is 0 Å². The minimum Gasteiger partial charge on any atom is -0.493 e. The quantitative estimate of drug-likeness (QED) is 0.733. The molecule has 1 amide bonds. The standard InChI is InChI=1S/C21H20N2O3/c1-25-19-11-9-17(13-20(19)26-2)23-21(24)18-10-8-16(14-22-18)12-15-6-4-3-5-7-15/h3-11,13-14H,12H2,1-2H3,(H,23,24). The van der Waals surface area contributed by atoms with E-state index in [1.54, 1.807) is 44.7 Å². The van der Waals surface area contributed by atoms with Crippen molar-refractivity contribution < 1.29 is 14.3 Å². The van der Waals surface area contributed by atoms with E-state index in [2.05, 4.69) is 22.4 Å². The highest BCUT2D eigenvalue weighted by atomic mass is 16.5. The Morgan fingerprint density at radius 1 is 0.923 bits per heavy atom. The molecule has 0 unspecified atom stereocenters. The van der Waals surface area contributed by atoms with Crippen LogP contribution in [-0.4, -0.2) is 25.1 Å². The molecular formula is C21H20N2O3. The van der Waals surface area contributed by atoms with Crippen molar-refractivity contribution >= 4 is 11.6 Å². The number of ether oxygens (including phenoxy) is 2. The Bertz CT molecular complexity index is 878. The maximum Gasteiger partial charge on any atom is 0.274 e. The molecule has 132 valence electrons. The van der Waals surface area contributed by atoms with E-state index in [1.165, 1.54) is 5.56 Å². The summed E-state index contributed by atoms with van der Waals surface area (Å²) in [7, 11) is 3.12. The van der Waals surface area contributed by atoms with Crippen molar-refractivity contribution in [1.29, 1.82) is 0 Å². The Hall–Kier alpha value is -3.34. The van der Waals surface area contributed by atoms with E-state index in [0.717, 1.165) is 12.0 Å². The molecule has 1 aromatic heterocycles. The van der Waals surface area contributed by atoms with Crippen molar-refractivity contribution in [3.05, 3.63) is 83.7 Å². The zero-order valence-corrected chi connectivity index (χ0v) is 14.7. The summed E-state index contributed by atoms with van der Waals surface area (Å²) in [6.07, 6.45) is 2.52. The highest BCUT2D eigenvalue weighted by Crippen LogP contribution is 2.29. The zero-order valence-electron chi connectivity index (χ0n) is 14.7. The Morgan fingerprint density at radius 3 is 2.35 bits per heavy atom. The third kappa shape index (κ3) is 4.19. The lowest BCUT2D eigenvalue weighted by Crippen LogP contribution is -2.13. The first kappa shape index (κ1) is 17.5. The first-order valence-electron chi connectivity index (χ1n) is 8.22. The van der Waals surface area contributed by atoms with Crippen LogP contribution in [0.3, 0.4) is 0 Å². The van der Waals surface area contributed by atoms with E-state index in [9.17, 15) is 4.79 Å². The number of methoxy groups -OCH3 is 2. The second-order valence-electron chi connectivity index (χ2n) is 5.74. The van der Waals surface area contributed by atoms with E-state index in [0.29, 0.717) is 22.9 Å². The molecule has 0 bridgehead atoms. The summed E-state index contributed by atoms with van der Waals surface area (Å²) in [6, 6.07) is 19.0. The van der Waals surface area contributed by atoms with Crippen molar-refractivity contribution in [3.63, 3.8) is 0 Å². The number of pyridine rings is 1. The number of nitrogens with zero attached hydrogens (tertiary/aromatic N) is 1. The van der Waals surface area contributed by atoms with Gasteiger partial charge >= 0.3 is 0 Å². The molecule has 26 heavy (non-hydrogen) atoms. The van der Waals surface area contributed by atoms with Gasteiger partial charge in [-0.2, -0.15) is 0 Å². The minimum absolute atomic E-state index is 0.275. The van der Waals surface area contributed by atoms with Crippen LogP contribution in [0.5, 0.6) is 11.5 Å². The van der Waals surface area contributed by atoms with E-state index in [-0.39, 0.29) is 5.91 Å². The van der Waals surface area contributed by atoms with Crippen LogP contribution >= 0.6 is 0 Å². The predicted molar refractivity (Wildman–Crippen MR) is 101 cm³/mol. The number of hydrogen-bond donors (Lipinski definition) is 1. The molecule has 0 aliphatic carbocycles. The Balaban J connectivity index is 1.68. The summed E-state index contributed by atoms with van der Waals surface area (Å²) in [6.45, 7) is 0. The molecule has 2 aromatic carbocycles. The number of carbonyl (C=O) groups excluding carboxylic acids is 1. The Kier molecular flexibility index (Phi) is 5.49. The maximum absolute atomic E-state index is 12.4. The van der Waals surface area contributed by atoms with Crippen molar-refractivity contribution in [2.24, 2.45) is 0 Å². The Morgan fingerprint density at radius 2 is 1.69 bits per heavy atom. The molecule has 0 saturated heterocycles. The molecule has 1 heterocycles. The molecule has 0 radical (unpaired) electrons. The average molecular weight is 348 g/mol. The second kappa shape index (κ2) is 8.16. The molecule has 0 spiro atoms. The topological polar surface area (TPSA) is 60.5 Å². The van der Waals surface area contributed by atoms with Gasteiger partial charge in [-0.3, -0.25) is 9.78 Å². The lowest BCUT2D eigenvalue weighted by molar-refractivity contribution is 0.102. The largest absolute Gasteiger partial charge is 0.493 e. The number of carbonyl (C=O) groups is 1. The van der Waals surface area contributed by atoms with Gasteiger partial charge in [0.2, 0.25) is 0 Å².